The van der Waals surface area contributed by atoms with Gasteiger partial charge in [0.2, 0.25) is 0 Å². The van der Waals surface area contributed by atoms with E-state index >= 15 is 0 Å². The van der Waals surface area contributed by atoms with Gasteiger partial charge in [0.05, 0.1) is 10.6 Å². The summed E-state index contributed by atoms with van der Waals surface area (Å²) in [6.07, 6.45) is 0. The van der Waals surface area contributed by atoms with Crippen LogP contribution in [0.5, 0.6) is 11.5 Å². The summed E-state index contributed by atoms with van der Waals surface area (Å²) in [5.41, 5.74) is 0.707. The average molecular weight is 300 g/mol. The maximum atomic E-state index is 11.0. The molecule has 0 aliphatic carbocycles. The van der Waals surface area contributed by atoms with Gasteiger partial charge in [-0.25, -0.2) is 0 Å². The fourth-order valence-electron chi connectivity index (χ4n) is 1.83. The minimum absolute atomic E-state index is 0.0387. The number of hydrogen-bond acceptors (Lipinski definition) is 4. The fraction of sp³-hybridized carbons (Fsp3) is 0.294. The minimum Gasteiger partial charge on any atom is -0.455 e. The molecule has 116 valence electrons. The highest BCUT2D eigenvalue weighted by molar-refractivity contribution is 5.62. The van der Waals surface area contributed by atoms with Crippen molar-refractivity contribution in [2.24, 2.45) is 5.41 Å². The third-order valence-electron chi connectivity index (χ3n) is 2.95. The molecule has 2 aromatic rings. The molecule has 5 nitrogen and oxygen atoms in total. The van der Waals surface area contributed by atoms with Crippen LogP contribution in [0.4, 0.5) is 11.4 Å². The lowest BCUT2D eigenvalue weighted by molar-refractivity contribution is -0.384. The number of nitro benzene ring substituents is 1. The number of para-hydroxylation sites is 1. The van der Waals surface area contributed by atoms with Gasteiger partial charge in [-0.1, -0.05) is 39.0 Å². The third kappa shape index (κ3) is 4.48. The van der Waals surface area contributed by atoms with Gasteiger partial charge in [-0.3, -0.25) is 10.1 Å². The summed E-state index contributed by atoms with van der Waals surface area (Å²) in [5.74, 6) is 1.26. The first-order valence-corrected chi connectivity index (χ1v) is 7.10. The van der Waals surface area contributed by atoms with Gasteiger partial charge in [-0.05, 0) is 23.6 Å². The van der Waals surface area contributed by atoms with Crippen molar-refractivity contribution in [3.63, 3.8) is 0 Å². The topological polar surface area (TPSA) is 64.4 Å². The number of hydrogen-bond donors (Lipinski definition) is 1. The van der Waals surface area contributed by atoms with Gasteiger partial charge < -0.3 is 10.1 Å². The van der Waals surface area contributed by atoms with Crippen LogP contribution in [0.25, 0.3) is 0 Å². The Hall–Kier alpha value is -2.56. The van der Waals surface area contributed by atoms with Crippen LogP contribution in [0.2, 0.25) is 0 Å². The maximum absolute atomic E-state index is 11.0. The molecule has 1 N–H and O–H groups in total. The molecule has 22 heavy (non-hydrogen) atoms. The van der Waals surface area contributed by atoms with Crippen molar-refractivity contribution >= 4 is 11.4 Å². The summed E-state index contributed by atoms with van der Waals surface area (Å²) in [6, 6.07) is 13.9. The number of ether oxygens (including phenoxy) is 1. The predicted octanol–water partition coefficient (Wildman–Crippen LogP) is 4.85. The van der Waals surface area contributed by atoms with Gasteiger partial charge in [0.1, 0.15) is 5.75 Å². The Morgan fingerprint density at radius 3 is 2.41 bits per heavy atom. The van der Waals surface area contributed by atoms with Crippen LogP contribution < -0.4 is 10.1 Å². The van der Waals surface area contributed by atoms with Gasteiger partial charge >= 0.3 is 0 Å². The van der Waals surface area contributed by atoms with Gasteiger partial charge in [-0.2, -0.15) is 0 Å². The Balaban J connectivity index is 2.29. The largest absolute Gasteiger partial charge is 0.455 e. The van der Waals surface area contributed by atoms with E-state index in [9.17, 15) is 10.1 Å². The highest BCUT2D eigenvalue weighted by atomic mass is 16.6. The SMILES string of the molecule is CC(C)(C)CNc1cc([N+](=O)[O-])ccc1Oc1ccccc1. The molecule has 0 aliphatic heterocycles. The lowest BCUT2D eigenvalue weighted by atomic mass is 9.97. The molecule has 0 amide bonds. The van der Waals surface area contributed by atoms with Crippen molar-refractivity contribution in [1.29, 1.82) is 0 Å². The summed E-state index contributed by atoms with van der Waals surface area (Å²) >= 11 is 0. The second kappa shape index (κ2) is 6.47. The molecule has 0 aromatic heterocycles. The lowest BCUT2D eigenvalue weighted by Crippen LogP contribution is -2.19. The van der Waals surface area contributed by atoms with Crippen molar-refractivity contribution < 1.29 is 9.66 Å². The fourth-order valence-corrected chi connectivity index (χ4v) is 1.83. The molecule has 0 radical (unpaired) electrons. The first-order chi connectivity index (χ1) is 10.3. The van der Waals surface area contributed by atoms with E-state index in [0.717, 1.165) is 0 Å². The highest BCUT2D eigenvalue weighted by Crippen LogP contribution is 2.33. The molecular formula is C17H20N2O3. The molecule has 0 heterocycles. The second-order valence-electron chi connectivity index (χ2n) is 6.27. The molecule has 0 fully saturated rings. The Morgan fingerprint density at radius 2 is 1.82 bits per heavy atom. The molecule has 2 aromatic carbocycles. The molecule has 0 spiro atoms. The van der Waals surface area contributed by atoms with Crippen molar-refractivity contribution in [3.8, 4) is 11.5 Å². The van der Waals surface area contributed by atoms with Crippen molar-refractivity contribution in [2.45, 2.75) is 20.8 Å². The van der Waals surface area contributed by atoms with Crippen LogP contribution in [-0.4, -0.2) is 11.5 Å². The molecule has 0 unspecified atom stereocenters. The van der Waals surface area contributed by atoms with Crippen molar-refractivity contribution in [2.75, 3.05) is 11.9 Å². The molecule has 5 heteroatoms. The van der Waals surface area contributed by atoms with Gasteiger partial charge in [0.15, 0.2) is 5.75 Å². The molecule has 0 saturated carbocycles. The van der Waals surface area contributed by atoms with Gasteiger partial charge in [-0.15, -0.1) is 0 Å². The van der Waals surface area contributed by atoms with Gasteiger partial charge in [0.25, 0.3) is 5.69 Å². The van der Waals surface area contributed by atoms with Crippen LogP contribution in [-0.2, 0) is 0 Å². The molecule has 2 rings (SSSR count). The number of nitrogens with zero attached hydrogens (tertiary/aromatic N) is 1. The smallest absolute Gasteiger partial charge is 0.271 e. The van der Waals surface area contributed by atoms with Crippen LogP contribution in [0, 0.1) is 15.5 Å². The number of anilines is 1. The molecule has 0 bridgehead atoms. The van der Waals surface area contributed by atoms with Gasteiger partial charge in [0, 0.05) is 18.7 Å². The Bertz CT molecular complexity index is 649. The summed E-state index contributed by atoms with van der Waals surface area (Å²) in [6.45, 7) is 6.96. The maximum Gasteiger partial charge on any atom is 0.271 e. The van der Waals surface area contributed by atoms with Crippen LogP contribution in [0.1, 0.15) is 20.8 Å². The number of benzene rings is 2. The number of nitrogens with one attached hydrogen (secondary N) is 1. The van der Waals surface area contributed by atoms with E-state index < -0.39 is 4.92 Å². The standard InChI is InChI=1S/C17H20N2O3/c1-17(2,3)12-18-15-11-13(19(20)21)9-10-16(15)22-14-7-5-4-6-8-14/h4-11,18H,12H2,1-3H3. The Kier molecular flexibility index (Phi) is 4.65. The van der Waals surface area contributed by atoms with Crippen LogP contribution >= 0.6 is 0 Å². The zero-order valence-corrected chi connectivity index (χ0v) is 13.0. The zero-order chi connectivity index (χ0) is 16.2. The molecule has 0 aliphatic rings. The first kappa shape index (κ1) is 15.8. The quantitative estimate of drug-likeness (QED) is 0.633. The summed E-state index contributed by atoms with van der Waals surface area (Å²) in [5, 5.41) is 14.2. The van der Waals surface area contributed by atoms with E-state index in [1.54, 1.807) is 6.07 Å². The molecule has 0 saturated heterocycles. The number of rotatable bonds is 5. The van der Waals surface area contributed by atoms with Crippen molar-refractivity contribution in [3.05, 3.63) is 58.6 Å². The van der Waals surface area contributed by atoms with E-state index in [-0.39, 0.29) is 11.1 Å². The minimum atomic E-state index is -0.408. The van der Waals surface area contributed by atoms with E-state index in [1.807, 2.05) is 30.3 Å². The third-order valence-corrected chi connectivity index (χ3v) is 2.95. The normalized spacial score (nSPS) is 11.0. The number of non-ortho nitro benzene ring substituents is 1. The van der Waals surface area contributed by atoms with Crippen LogP contribution in [0.3, 0.4) is 0 Å². The Morgan fingerprint density at radius 1 is 1.14 bits per heavy atom. The average Bonchev–Trinajstić information content (AvgIpc) is 2.46. The van der Waals surface area contributed by atoms with E-state index in [0.29, 0.717) is 23.7 Å². The molecular weight excluding hydrogens is 280 g/mol. The van der Waals surface area contributed by atoms with Crippen molar-refractivity contribution in [1.82, 2.24) is 0 Å². The van der Waals surface area contributed by atoms with E-state index in [4.69, 9.17) is 4.74 Å². The zero-order valence-electron chi connectivity index (χ0n) is 13.0. The first-order valence-electron chi connectivity index (χ1n) is 7.10. The van der Waals surface area contributed by atoms with E-state index in [2.05, 4.69) is 26.1 Å². The van der Waals surface area contributed by atoms with E-state index in [1.165, 1.54) is 12.1 Å². The summed E-state index contributed by atoms with van der Waals surface area (Å²) in [4.78, 5) is 10.6. The lowest BCUT2D eigenvalue weighted by Gasteiger charge is -2.21. The monoisotopic (exact) mass is 300 g/mol. The molecule has 0 atom stereocenters. The second-order valence-corrected chi connectivity index (χ2v) is 6.27. The number of nitro groups is 1. The highest BCUT2D eigenvalue weighted by Gasteiger charge is 2.15. The Labute approximate surface area is 130 Å². The summed E-state index contributed by atoms with van der Waals surface area (Å²) < 4.78 is 5.82. The summed E-state index contributed by atoms with van der Waals surface area (Å²) in [7, 11) is 0. The van der Waals surface area contributed by atoms with Crippen LogP contribution in [0.15, 0.2) is 48.5 Å². The predicted molar refractivity (Wildman–Crippen MR) is 87.6 cm³/mol.